The molecule has 0 aliphatic carbocycles. The zero-order valence-corrected chi connectivity index (χ0v) is 10.4. The first-order valence-corrected chi connectivity index (χ1v) is 6.08. The highest BCUT2D eigenvalue weighted by molar-refractivity contribution is 5.85. The molecule has 0 aliphatic heterocycles. The molecule has 1 heteroatoms. The van der Waals surface area contributed by atoms with Gasteiger partial charge in [-0.25, -0.2) is 0 Å². The summed E-state index contributed by atoms with van der Waals surface area (Å²) in [7, 11) is 0. The van der Waals surface area contributed by atoms with E-state index in [9.17, 15) is 5.26 Å². The van der Waals surface area contributed by atoms with Crippen LogP contribution in [0.3, 0.4) is 0 Å². The minimum Gasteiger partial charge on any atom is -0.198 e. The molecule has 0 unspecified atom stereocenters. The molecule has 2 aromatic rings. The molecule has 0 bridgehead atoms. The van der Waals surface area contributed by atoms with Crippen molar-refractivity contribution in [2.24, 2.45) is 11.8 Å². The lowest BCUT2D eigenvalue weighted by Gasteiger charge is -2.14. The molecule has 0 saturated carbocycles. The van der Waals surface area contributed by atoms with Gasteiger partial charge in [-0.05, 0) is 28.7 Å². The van der Waals surface area contributed by atoms with Crippen LogP contribution in [-0.4, -0.2) is 0 Å². The monoisotopic (exact) mass is 223 g/mol. The van der Waals surface area contributed by atoms with E-state index >= 15 is 0 Å². The van der Waals surface area contributed by atoms with Gasteiger partial charge in [0.05, 0.1) is 12.0 Å². The Balaban J connectivity index is 2.39. The highest BCUT2D eigenvalue weighted by Gasteiger charge is 2.14. The molecule has 0 radical (unpaired) electrons. The third-order valence-electron chi connectivity index (χ3n) is 3.29. The van der Waals surface area contributed by atoms with E-state index in [1.807, 2.05) is 0 Å². The van der Waals surface area contributed by atoms with Crippen LogP contribution in [0.2, 0.25) is 0 Å². The number of benzene rings is 2. The molecule has 0 amide bonds. The lowest BCUT2D eigenvalue weighted by atomic mass is 9.88. The normalized spacial score (nSPS) is 12.6. The van der Waals surface area contributed by atoms with Crippen LogP contribution >= 0.6 is 0 Å². The van der Waals surface area contributed by atoms with Crippen LogP contribution in [0.15, 0.2) is 42.5 Å². The third-order valence-corrected chi connectivity index (χ3v) is 3.29. The maximum absolute atomic E-state index is 9.18. The molecule has 1 atom stereocenters. The van der Waals surface area contributed by atoms with Crippen molar-refractivity contribution < 1.29 is 0 Å². The summed E-state index contributed by atoms with van der Waals surface area (Å²) in [6, 6.07) is 17.1. The minimum absolute atomic E-state index is 0.0980. The first-order valence-electron chi connectivity index (χ1n) is 6.08. The third kappa shape index (κ3) is 2.47. The fourth-order valence-corrected chi connectivity index (χ4v) is 2.14. The molecule has 0 saturated heterocycles. The topological polar surface area (TPSA) is 23.8 Å². The summed E-state index contributed by atoms with van der Waals surface area (Å²) in [6.07, 6.45) is 0.843. The van der Waals surface area contributed by atoms with Crippen molar-refractivity contribution in [1.82, 2.24) is 0 Å². The Morgan fingerprint density at radius 3 is 2.47 bits per heavy atom. The maximum atomic E-state index is 9.18. The van der Waals surface area contributed by atoms with Crippen molar-refractivity contribution in [3.63, 3.8) is 0 Å². The second kappa shape index (κ2) is 5.01. The molecule has 2 rings (SSSR count). The average molecular weight is 223 g/mol. The van der Waals surface area contributed by atoms with Gasteiger partial charge in [-0.2, -0.15) is 5.26 Å². The first-order chi connectivity index (χ1) is 8.22. The SMILES string of the molecule is CC(C)[C@H](C#N)Cc1cccc2ccccc12. The number of fused-ring (bicyclic) bond motifs is 1. The maximum Gasteiger partial charge on any atom is 0.0661 e. The van der Waals surface area contributed by atoms with Crippen LogP contribution in [-0.2, 0) is 6.42 Å². The quantitative estimate of drug-likeness (QED) is 0.765. The van der Waals surface area contributed by atoms with Gasteiger partial charge < -0.3 is 0 Å². The Kier molecular flexibility index (Phi) is 3.44. The standard InChI is InChI=1S/C16H17N/c1-12(2)15(11-17)10-14-8-5-7-13-6-3-4-9-16(13)14/h3-9,12,15H,10H2,1-2H3/t15-/m0/s1. The van der Waals surface area contributed by atoms with Gasteiger partial charge in [0.2, 0.25) is 0 Å². The molecule has 86 valence electrons. The van der Waals surface area contributed by atoms with Crippen molar-refractivity contribution in [2.45, 2.75) is 20.3 Å². The number of hydrogen-bond donors (Lipinski definition) is 0. The van der Waals surface area contributed by atoms with Crippen LogP contribution in [0.4, 0.5) is 0 Å². The summed E-state index contributed by atoms with van der Waals surface area (Å²) in [5, 5.41) is 11.7. The van der Waals surface area contributed by atoms with E-state index in [1.54, 1.807) is 0 Å². The Hall–Kier alpha value is -1.81. The second-order valence-electron chi connectivity index (χ2n) is 4.82. The van der Waals surface area contributed by atoms with Crippen molar-refractivity contribution in [1.29, 1.82) is 5.26 Å². The highest BCUT2D eigenvalue weighted by Crippen LogP contribution is 2.23. The lowest BCUT2D eigenvalue weighted by Crippen LogP contribution is -2.09. The molecule has 2 aromatic carbocycles. The summed E-state index contributed by atoms with van der Waals surface area (Å²) in [5.41, 5.74) is 1.28. The fraction of sp³-hybridized carbons (Fsp3) is 0.312. The van der Waals surface area contributed by atoms with E-state index in [0.717, 1.165) is 6.42 Å². The molecule has 0 aromatic heterocycles. The van der Waals surface area contributed by atoms with Crippen LogP contribution in [0.5, 0.6) is 0 Å². The van der Waals surface area contributed by atoms with E-state index in [-0.39, 0.29) is 5.92 Å². The summed E-state index contributed by atoms with van der Waals surface area (Å²) < 4.78 is 0. The zero-order valence-electron chi connectivity index (χ0n) is 10.4. The minimum atomic E-state index is 0.0980. The smallest absolute Gasteiger partial charge is 0.0661 e. The van der Waals surface area contributed by atoms with Crippen LogP contribution in [0.25, 0.3) is 10.8 Å². The largest absolute Gasteiger partial charge is 0.198 e. The number of nitrogens with zero attached hydrogens (tertiary/aromatic N) is 1. The molecular formula is C16H17N. The van der Waals surface area contributed by atoms with Gasteiger partial charge in [0, 0.05) is 0 Å². The van der Waals surface area contributed by atoms with E-state index in [0.29, 0.717) is 5.92 Å². The van der Waals surface area contributed by atoms with Crippen molar-refractivity contribution in [3.8, 4) is 6.07 Å². The summed E-state index contributed by atoms with van der Waals surface area (Å²) in [4.78, 5) is 0. The lowest BCUT2D eigenvalue weighted by molar-refractivity contribution is 0.475. The Morgan fingerprint density at radius 2 is 1.76 bits per heavy atom. The predicted molar refractivity (Wildman–Crippen MR) is 71.6 cm³/mol. The zero-order chi connectivity index (χ0) is 12.3. The molecule has 0 aliphatic rings. The predicted octanol–water partition coefficient (Wildman–Crippen LogP) is 4.18. The average Bonchev–Trinajstić information content (AvgIpc) is 2.35. The number of hydrogen-bond acceptors (Lipinski definition) is 1. The van der Waals surface area contributed by atoms with Crippen LogP contribution in [0, 0.1) is 23.2 Å². The molecule has 0 heterocycles. The molecule has 0 N–H and O–H groups in total. The number of nitriles is 1. The van der Waals surface area contributed by atoms with Crippen molar-refractivity contribution in [3.05, 3.63) is 48.0 Å². The van der Waals surface area contributed by atoms with Crippen molar-refractivity contribution in [2.75, 3.05) is 0 Å². The first kappa shape index (κ1) is 11.7. The van der Waals surface area contributed by atoms with Gasteiger partial charge in [-0.3, -0.25) is 0 Å². The van der Waals surface area contributed by atoms with Gasteiger partial charge in [0.15, 0.2) is 0 Å². The van der Waals surface area contributed by atoms with Gasteiger partial charge in [0.1, 0.15) is 0 Å². The van der Waals surface area contributed by atoms with E-state index in [4.69, 9.17) is 0 Å². The molecular weight excluding hydrogens is 206 g/mol. The fourth-order valence-electron chi connectivity index (χ4n) is 2.14. The van der Waals surface area contributed by atoms with E-state index in [2.05, 4.69) is 62.4 Å². The summed E-state index contributed by atoms with van der Waals surface area (Å²) in [5.74, 6) is 0.500. The number of rotatable bonds is 3. The Morgan fingerprint density at radius 1 is 1.06 bits per heavy atom. The highest BCUT2D eigenvalue weighted by atomic mass is 14.3. The molecule has 0 spiro atoms. The van der Waals surface area contributed by atoms with Crippen LogP contribution < -0.4 is 0 Å². The Bertz CT molecular complexity index is 543. The molecule has 0 fully saturated rings. The Labute approximate surface area is 103 Å². The van der Waals surface area contributed by atoms with Crippen molar-refractivity contribution >= 4 is 10.8 Å². The van der Waals surface area contributed by atoms with E-state index < -0.39 is 0 Å². The molecule has 17 heavy (non-hydrogen) atoms. The van der Waals surface area contributed by atoms with Gasteiger partial charge in [-0.1, -0.05) is 56.3 Å². The van der Waals surface area contributed by atoms with Crippen LogP contribution in [0.1, 0.15) is 19.4 Å². The second-order valence-corrected chi connectivity index (χ2v) is 4.82. The van der Waals surface area contributed by atoms with Gasteiger partial charge in [0.25, 0.3) is 0 Å². The summed E-state index contributed by atoms with van der Waals surface area (Å²) >= 11 is 0. The van der Waals surface area contributed by atoms with Gasteiger partial charge >= 0.3 is 0 Å². The summed E-state index contributed by atoms with van der Waals surface area (Å²) in [6.45, 7) is 4.22. The molecule has 1 nitrogen and oxygen atoms in total. The van der Waals surface area contributed by atoms with Gasteiger partial charge in [-0.15, -0.1) is 0 Å². The van der Waals surface area contributed by atoms with E-state index in [1.165, 1.54) is 16.3 Å².